The van der Waals surface area contributed by atoms with Crippen molar-refractivity contribution in [2.45, 2.75) is 57.7 Å². The zero-order valence-electron chi connectivity index (χ0n) is 12.7. The standard InChI is InChI=1S/C16H25NO4/c1-10-8-17(9-14(21-10)16(19)20)15(18)13-7-12(13)11-5-3-2-4-6-11/h10-14H,2-9H2,1H3,(H,19,20)/t10-,12?,13?,14?/m1/s1. The Morgan fingerprint density at radius 1 is 1.14 bits per heavy atom. The summed E-state index contributed by atoms with van der Waals surface area (Å²) in [5, 5.41) is 9.10. The molecule has 21 heavy (non-hydrogen) atoms. The highest BCUT2D eigenvalue weighted by atomic mass is 16.5. The highest BCUT2D eigenvalue weighted by Gasteiger charge is 2.49. The van der Waals surface area contributed by atoms with E-state index in [2.05, 4.69) is 0 Å². The van der Waals surface area contributed by atoms with Gasteiger partial charge in [0, 0.05) is 12.5 Å². The van der Waals surface area contributed by atoms with Crippen molar-refractivity contribution in [1.29, 1.82) is 0 Å². The van der Waals surface area contributed by atoms with Gasteiger partial charge < -0.3 is 14.7 Å². The van der Waals surface area contributed by atoms with Crippen LogP contribution in [0.1, 0.15) is 45.4 Å². The van der Waals surface area contributed by atoms with Gasteiger partial charge in [0.1, 0.15) is 0 Å². The molecule has 0 aromatic heterocycles. The first-order valence-corrected chi connectivity index (χ1v) is 8.23. The first-order chi connectivity index (χ1) is 10.1. The number of ether oxygens (including phenoxy) is 1. The Morgan fingerprint density at radius 2 is 1.86 bits per heavy atom. The fraction of sp³-hybridized carbons (Fsp3) is 0.875. The Morgan fingerprint density at radius 3 is 2.52 bits per heavy atom. The van der Waals surface area contributed by atoms with Crippen LogP contribution < -0.4 is 0 Å². The summed E-state index contributed by atoms with van der Waals surface area (Å²) < 4.78 is 5.38. The number of hydrogen-bond acceptors (Lipinski definition) is 3. The molecule has 0 radical (unpaired) electrons. The van der Waals surface area contributed by atoms with Gasteiger partial charge in [-0.1, -0.05) is 32.1 Å². The molecule has 3 rings (SSSR count). The Kier molecular flexibility index (Phi) is 4.20. The molecule has 2 aliphatic carbocycles. The highest BCUT2D eigenvalue weighted by Crippen LogP contribution is 2.50. The zero-order chi connectivity index (χ0) is 15.0. The maximum atomic E-state index is 12.6. The van der Waals surface area contributed by atoms with Crippen molar-refractivity contribution in [3.05, 3.63) is 0 Å². The van der Waals surface area contributed by atoms with Crippen LogP contribution in [0.2, 0.25) is 0 Å². The molecule has 5 heteroatoms. The van der Waals surface area contributed by atoms with Gasteiger partial charge in [-0.15, -0.1) is 0 Å². The van der Waals surface area contributed by atoms with Crippen LogP contribution in [0.5, 0.6) is 0 Å². The summed E-state index contributed by atoms with van der Waals surface area (Å²) in [5.41, 5.74) is 0. The van der Waals surface area contributed by atoms with Crippen molar-refractivity contribution in [1.82, 2.24) is 4.90 Å². The maximum absolute atomic E-state index is 12.6. The predicted molar refractivity (Wildman–Crippen MR) is 76.7 cm³/mol. The van der Waals surface area contributed by atoms with Crippen molar-refractivity contribution in [2.75, 3.05) is 13.1 Å². The summed E-state index contributed by atoms with van der Waals surface area (Å²) in [7, 11) is 0. The van der Waals surface area contributed by atoms with Crippen LogP contribution in [0.25, 0.3) is 0 Å². The van der Waals surface area contributed by atoms with Gasteiger partial charge in [0.15, 0.2) is 6.10 Å². The van der Waals surface area contributed by atoms with Crippen molar-refractivity contribution in [3.8, 4) is 0 Å². The second kappa shape index (κ2) is 5.95. The average molecular weight is 295 g/mol. The number of hydrogen-bond donors (Lipinski definition) is 1. The molecule has 0 aromatic carbocycles. The number of carboxylic acid groups (broad SMARTS) is 1. The summed E-state index contributed by atoms with van der Waals surface area (Å²) in [4.78, 5) is 25.4. The van der Waals surface area contributed by atoms with Gasteiger partial charge in [0.05, 0.1) is 12.6 Å². The molecule has 3 fully saturated rings. The summed E-state index contributed by atoms with van der Waals surface area (Å²) in [6.45, 7) is 2.56. The van der Waals surface area contributed by atoms with E-state index in [0.717, 1.165) is 12.3 Å². The lowest BCUT2D eigenvalue weighted by Gasteiger charge is -2.35. The van der Waals surface area contributed by atoms with E-state index in [9.17, 15) is 9.59 Å². The molecular weight excluding hydrogens is 270 g/mol. The highest BCUT2D eigenvalue weighted by molar-refractivity contribution is 5.83. The third kappa shape index (κ3) is 3.23. The minimum Gasteiger partial charge on any atom is -0.479 e. The molecule has 3 unspecified atom stereocenters. The molecular formula is C16H25NO4. The molecule has 118 valence electrons. The molecule has 0 spiro atoms. The fourth-order valence-corrected chi connectivity index (χ4v) is 4.08. The molecule has 3 aliphatic rings. The molecule has 1 heterocycles. The summed E-state index contributed by atoms with van der Waals surface area (Å²) in [5.74, 6) is 0.611. The number of morpholine rings is 1. The van der Waals surface area contributed by atoms with E-state index >= 15 is 0 Å². The van der Waals surface area contributed by atoms with Crippen LogP contribution in [-0.2, 0) is 14.3 Å². The van der Waals surface area contributed by atoms with Gasteiger partial charge in [-0.3, -0.25) is 4.79 Å². The molecule has 1 N–H and O–H groups in total. The SMILES string of the molecule is C[C@@H]1CN(C(=O)C2CC2C2CCCCC2)CC(C(=O)O)O1. The zero-order valence-corrected chi connectivity index (χ0v) is 12.7. The summed E-state index contributed by atoms with van der Waals surface area (Å²) >= 11 is 0. The van der Waals surface area contributed by atoms with Gasteiger partial charge in [0.25, 0.3) is 0 Å². The molecule has 0 aromatic rings. The smallest absolute Gasteiger partial charge is 0.334 e. The van der Waals surface area contributed by atoms with Gasteiger partial charge >= 0.3 is 5.97 Å². The minimum atomic E-state index is -0.973. The Balaban J connectivity index is 1.57. The third-order valence-electron chi connectivity index (χ3n) is 5.26. The van der Waals surface area contributed by atoms with E-state index in [1.54, 1.807) is 4.90 Å². The molecule has 0 bridgehead atoms. The second-order valence-electron chi connectivity index (χ2n) is 6.92. The van der Waals surface area contributed by atoms with Crippen molar-refractivity contribution >= 4 is 11.9 Å². The van der Waals surface area contributed by atoms with E-state index in [1.807, 2.05) is 6.92 Å². The largest absolute Gasteiger partial charge is 0.479 e. The van der Waals surface area contributed by atoms with Gasteiger partial charge in [0.2, 0.25) is 5.91 Å². The van der Waals surface area contributed by atoms with E-state index in [0.29, 0.717) is 12.5 Å². The topological polar surface area (TPSA) is 66.8 Å². The Bertz CT molecular complexity index is 419. The quantitative estimate of drug-likeness (QED) is 0.863. The maximum Gasteiger partial charge on any atom is 0.334 e. The van der Waals surface area contributed by atoms with Crippen molar-refractivity contribution < 1.29 is 19.4 Å². The summed E-state index contributed by atoms with van der Waals surface area (Å²) in [6, 6.07) is 0. The molecule has 1 amide bonds. The second-order valence-corrected chi connectivity index (χ2v) is 6.92. The lowest BCUT2D eigenvalue weighted by Crippen LogP contribution is -2.52. The van der Waals surface area contributed by atoms with Crippen LogP contribution >= 0.6 is 0 Å². The van der Waals surface area contributed by atoms with Crippen molar-refractivity contribution in [2.24, 2.45) is 17.8 Å². The minimum absolute atomic E-state index is 0.146. The number of carbonyl (C=O) groups excluding carboxylic acids is 1. The number of nitrogens with zero attached hydrogens (tertiary/aromatic N) is 1. The van der Waals surface area contributed by atoms with Crippen LogP contribution in [0.3, 0.4) is 0 Å². The predicted octanol–water partition coefficient (Wildman–Crippen LogP) is 1.90. The first-order valence-electron chi connectivity index (χ1n) is 8.23. The van der Waals surface area contributed by atoms with Crippen LogP contribution in [-0.4, -0.2) is 47.2 Å². The first kappa shape index (κ1) is 14.8. The van der Waals surface area contributed by atoms with Crippen molar-refractivity contribution in [3.63, 3.8) is 0 Å². The van der Waals surface area contributed by atoms with E-state index in [4.69, 9.17) is 9.84 Å². The van der Waals surface area contributed by atoms with Crippen LogP contribution in [0, 0.1) is 17.8 Å². The van der Waals surface area contributed by atoms with Gasteiger partial charge in [-0.25, -0.2) is 4.79 Å². The van der Waals surface area contributed by atoms with Crippen LogP contribution in [0.15, 0.2) is 0 Å². The number of rotatable bonds is 3. The molecule has 1 aliphatic heterocycles. The number of aliphatic carboxylic acids is 1. The lowest BCUT2D eigenvalue weighted by atomic mass is 9.85. The lowest BCUT2D eigenvalue weighted by molar-refractivity contribution is -0.167. The number of carboxylic acids is 1. The molecule has 5 nitrogen and oxygen atoms in total. The average Bonchev–Trinajstić information content (AvgIpc) is 3.27. The number of amides is 1. The Labute approximate surface area is 125 Å². The molecule has 4 atom stereocenters. The van der Waals surface area contributed by atoms with E-state index in [-0.39, 0.29) is 24.5 Å². The normalized spacial score (nSPS) is 37.3. The molecule has 2 saturated carbocycles. The summed E-state index contributed by atoms with van der Waals surface area (Å²) in [6.07, 6.45) is 6.42. The monoisotopic (exact) mass is 295 g/mol. The van der Waals surface area contributed by atoms with E-state index in [1.165, 1.54) is 32.1 Å². The third-order valence-corrected chi connectivity index (χ3v) is 5.26. The fourth-order valence-electron chi connectivity index (χ4n) is 4.08. The van der Waals surface area contributed by atoms with Gasteiger partial charge in [-0.2, -0.15) is 0 Å². The van der Waals surface area contributed by atoms with Gasteiger partial charge in [-0.05, 0) is 25.2 Å². The Hall–Kier alpha value is -1.10. The van der Waals surface area contributed by atoms with E-state index < -0.39 is 12.1 Å². The number of carbonyl (C=O) groups is 2. The van der Waals surface area contributed by atoms with Crippen LogP contribution in [0.4, 0.5) is 0 Å². The molecule has 1 saturated heterocycles.